The molecule has 1 saturated heterocycles. The molecule has 0 spiro atoms. The lowest BCUT2D eigenvalue weighted by Crippen LogP contribution is -2.50. The average Bonchev–Trinajstić information content (AvgIpc) is 2.51. The van der Waals surface area contributed by atoms with Gasteiger partial charge in [0.25, 0.3) is 0 Å². The summed E-state index contributed by atoms with van der Waals surface area (Å²) in [5, 5.41) is 10.1. The summed E-state index contributed by atoms with van der Waals surface area (Å²) in [6, 6.07) is 7.58. The van der Waals surface area contributed by atoms with Gasteiger partial charge in [0, 0.05) is 51.3 Å². The third kappa shape index (κ3) is 6.11. The molecule has 0 bridgehead atoms. The first kappa shape index (κ1) is 18.2. The molecular weight excluding hydrogens is 314 g/mol. The Morgan fingerprint density at radius 2 is 1.78 bits per heavy atom. The fraction of sp³-hybridized carbons (Fsp3) is 0.588. The van der Waals surface area contributed by atoms with Gasteiger partial charge in [-0.05, 0) is 24.6 Å². The van der Waals surface area contributed by atoms with Crippen molar-refractivity contribution in [2.45, 2.75) is 19.6 Å². The van der Waals surface area contributed by atoms with Crippen LogP contribution in [0.5, 0.6) is 0 Å². The van der Waals surface area contributed by atoms with Crippen LogP contribution in [-0.4, -0.2) is 78.1 Å². The molecule has 0 radical (unpaired) electrons. The van der Waals surface area contributed by atoms with Crippen molar-refractivity contribution in [3.05, 3.63) is 34.9 Å². The molecule has 5 nitrogen and oxygen atoms in total. The van der Waals surface area contributed by atoms with E-state index >= 15 is 0 Å². The highest BCUT2D eigenvalue weighted by Gasteiger charge is 2.21. The number of nitrogens with zero attached hydrogens (tertiary/aromatic N) is 3. The van der Waals surface area contributed by atoms with Crippen LogP contribution >= 0.6 is 11.6 Å². The van der Waals surface area contributed by atoms with Crippen LogP contribution in [0.4, 0.5) is 0 Å². The van der Waals surface area contributed by atoms with Crippen LogP contribution in [0.2, 0.25) is 5.02 Å². The second-order valence-corrected chi connectivity index (χ2v) is 6.74. The van der Waals surface area contributed by atoms with E-state index in [1.807, 2.05) is 38.2 Å². The van der Waals surface area contributed by atoms with Gasteiger partial charge in [-0.1, -0.05) is 23.7 Å². The highest BCUT2D eigenvalue weighted by molar-refractivity contribution is 6.30. The minimum atomic E-state index is -0.298. The van der Waals surface area contributed by atoms with Gasteiger partial charge in [0.05, 0.1) is 12.6 Å². The van der Waals surface area contributed by atoms with E-state index in [2.05, 4.69) is 9.80 Å². The fourth-order valence-electron chi connectivity index (χ4n) is 2.77. The zero-order chi connectivity index (χ0) is 16.8. The van der Waals surface area contributed by atoms with Crippen molar-refractivity contribution in [2.75, 3.05) is 46.3 Å². The van der Waals surface area contributed by atoms with Gasteiger partial charge in [0.1, 0.15) is 0 Å². The van der Waals surface area contributed by atoms with E-state index in [-0.39, 0.29) is 12.0 Å². The summed E-state index contributed by atoms with van der Waals surface area (Å²) < 4.78 is 0. The Hall–Kier alpha value is -1.14. The van der Waals surface area contributed by atoms with Crippen molar-refractivity contribution in [3.8, 4) is 0 Å². The Morgan fingerprint density at radius 1 is 1.22 bits per heavy atom. The minimum Gasteiger partial charge on any atom is -0.392 e. The van der Waals surface area contributed by atoms with Gasteiger partial charge in [0.2, 0.25) is 5.91 Å². The molecule has 1 atom stereocenters. The lowest BCUT2D eigenvalue weighted by Gasteiger charge is -2.35. The number of halogens is 1. The normalized spacial score (nSPS) is 17.9. The SMILES string of the molecule is CC(O)CN1CCN(CC(=O)N(C)Cc2ccc(Cl)cc2)CC1. The summed E-state index contributed by atoms with van der Waals surface area (Å²) in [7, 11) is 1.83. The molecular formula is C17H26ClN3O2. The number of piperazine rings is 1. The molecule has 2 rings (SSSR count). The Kier molecular flexibility index (Phi) is 6.84. The number of aliphatic hydroxyl groups excluding tert-OH is 1. The first-order valence-corrected chi connectivity index (χ1v) is 8.43. The molecule has 23 heavy (non-hydrogen) atoms. The third-order valence-corrected chi connectivity index (χ3v) is 4.36. The molecule has 1 aliphatic rings. The molecule has 1 N–H and O–H groups in total. The number of likely N-dealkylation sites (N-methyl/N-ethyl adjacent to an activating group) is 1. The summed E-state index contributed by atoms with van der Waals surface area (Å²) in [5.41, 5.74) is 1.08. The van der Waals surface area contributed by atoms with E-state index in [0.717, 1.165) is 31.7 Å². The van der Waals surface area contributed by atoms with Crippen LogP contribution in [0.1, 0.15) is 12.5 Å². The number of amides is 1. The topological polar surface area (TPSA) is 47.0 Å². The summed E-state index contributed by atoms with van der Waals surface area (Å²) in [5.74, 6) is 0.129. The number of benzene rings is 1. The molecule has 128 valence electrons. The van der Waals surface area contributed by atoms with Crippen molar-refractivity contribution in [2.24, 2.45) is 0 Å². The molecule has 1 aliphatic heterocycles. The van der Waals surface area contributed by atoms with Crippen LogP contribution < -0.4 is 0 Å². The smallest absolute Gasteiger partial charge is 0.236 e. The fourth-order valence-corrected chi connectivity index (χ4v) is 2.89. The Labute approximate surface area is 143 Å². The van der Waals surface area contributed by atoms with Gasteiger partial charge in [-0.15, -0.1) is 0 Å². The zero-order valence-electron chi connectivity index (χ0n) is 13.9. The average molecular weight is 340 g/mol. The van der Waals surface area contributed by atoms with E-state index < -0.39 is 0 Å². The van der Waals surface area contributed by atoms with Crippen molar-refractivity contribution >= 4 is 17.5 Å². The predicted octanol–water partition coefficient (Wildman–Crippen LogP) is 1.30. The molecule has 0 aromatic heterocycles. The lowest BCUT2D eigenvalue weighted by atomic mass is 10.2. The minimum absolute atomic E-state index is 0.129. The van der Waals surface area contributed by atoms with E-state index in [9.17, 15) is 9.90 Å². The van der Waals surface area contributed by atoms with Gasteiger partial charge in [0.15, 0.2) is 0 Å². The maximum Gasteiger partial charge on any atom is 0.236 e. The number of hydrogen-bond donors (Lipinski definition) is 1. The lowest BCUT2D eigenvalue weighted by molar-refractivity contribution is -0.132. The Morgan fingerprint density at radius 3 is 2.35 bits per heavy atom. The van der Waals surface area contributed by atoms with Crippen LogP contribution in [0.25, 0.3) is 0 Å². The molecule has 1 aromatic carbocycles. The van der Waals surface area contributed by atoms with Crippen LogP contribution in [0, 0.1) is 0 Å². The molecule has 1 unspecified atom stereocenters. The van der Waals surface area contributed by atoms with Gasteiger partial charge >= 0.3 is 0 Å². The molecule has 1 amide bonds. The highest BCUT2D eigenvalue weighted by atomic mass is 35.5. The number of carbonyl (C=O) groups excluding carboxylic acids is 1. The van der Waals surface area contributed by atoms with Crippen molar-refractivity contribution in [1.29, 1.82) is 0 Å². The first-order valence-electron chi connectivity index (χ1n) is 8.05. The van der Waals surface area contributed by atoms with Crippen molar-refractivity contribution in [3.63, 3.8) is 0 Å². The largest absolute Gasteiger partial charge is 0.392 e. The zero-order valence-corrected chi connectivity index (χ0v) is 14.7. The van der Waals surface area contributed by atoms with E-state index in [1.54, 1.807) is 4.90 Å². The first-order chi connectivity index (χ1) is 10.9. The molecule has 0 aliphatic carbocycles. The van der Waals surface area contributed by atoms with Crippen LogP contribution in [-0.2, 0) is 11.3 Å². The molecule has 1 fully saturated rings. The van der Waals surface area contributed by atoms with E-state index in [1.165, 1.54) is 0 Å². The summed E-state index contributed by atoms with van der Waals surface area (Å²) in [6.45, 7) is 7.10. The number of hydrogen-bond acceptors (Lipinski definition) is 4. The molecule has 1 heterocycles. The Bertz CT molecular complexity index is 499. The van der Waals surface area contributed by atoms with Gasteiger partial charge in [-0.3, -0.25) is 14.6 Å². The van der Waals surface area contributed by atoms with E-state index in [4.69, 9.17) is 11.6 Å². The predicted molar refractivity (Wildman–Crippen MR) is 92.5 cm³/mol. The number of β-amino-alcohol motifs (C(OH)–C–C–N with tert-alkyl or cyclic N) is 1. The maximum atomic E-state index is 12.3. The summed E-state index contributed by atoms with van der Waals surface area (Å²) in [4.78, 5) is 18.5. The molecule has 6 heteroatoms. The van der Waals surface area contributed by atoms with Crippen molar-refractivity contribution in [1.82, 2.24) is 14.7 Å². The number of rotatable bonds is 6. The summed E-state index contributed by atoms with van der Waals surface area (Å²) >= 11 is 5.88. The van der Waals surface area contributed by atoms with Crippen molar-refractivity contribution < 1.29 is 9.90 Å². The monoisotopic (exact) mass is 339 g/mol. The summed E-state index contributed by atoms with van der Waals surface area (Å²) in [6.07, 6.45) is -0.298. The maximum absolute atomic E-state index is 12.3. The van der Waals surface area contributed by atoms with Gasteiger partial charge in [-0.25, -0.2) is 0 Å². The number of carbonyl (C=O) groups is 1. The van der Waals surface area contributed by atoms with Crippen LogP contribution in [0.15, 0.2) is 24.3 Å². The van der Waals surface area contributed by atoms with Gasteiger partial charge in [-0.2, -0.15) is 0 Å². The highest BCUT2D eigenvalue weighted by Crippen LogP contribution is 2.11. The standard InChI is InChI=1S/C17H26ClN3O2/c1-14(22)11-20-7-9-21(10-8-20)13-17(23)19(2)12-15-3-5-16(18)6-4-15/h3-6,14,22H,7-13H2,1-2H3. The quantitative estimate of drug-likeness (QED) is 0.848. The number of aliphatic hydroxyl groups is 1. The molecule has 0 saturated carbocycles. The van der Waals surface area contributed by atoms with E-state index in [0.29, 0.717) is 24.7 Å². The van der Waals surface area contributed by atoms with Gasteiger partial charge < -0.3 is 10.0 Å². The molecule has 1 aromatic rings. The second kappa shape index (κ2) is 8.64. The third-order valence-electron chi connectivity index (χ3n) is 4.10. The van der Waals surface area contributed by atoms with Crippen LogP contribution in [0.3, 0.4) is 0 Å². The second-order valence-electron chi connectivity index (χ2n) is 6.30. The Balaban J connectivity index is 1.75.